The van der Waals surface area contributed by atoms with Gasteiger partial charge in [-0.05, 0) is 49.4 Å². The SMILES string of the molecule is CCCC(CCC)c1ccccc1Oc1ccc(C)cc1. The Morgan fingerprint density at radius 3 is 2.10 bits per heavy atom. The summed E-state index contributed by atoms with van der Waals surface area (Å²) in [6.07, 6.45) is 4.87. The van der Waals surface area contributed by atoms with Gasteiger partial charge in [-0.15, -0.1) is 0 Å². The second-order valence-electron chi connectivity index (χ2n) is 5.73. The van der Waals surface area contributed by atoms with Crippen molar-refractivity contribution < 1.29 is 4.74 Å². The number of aryl methyl sites for hydroxylation is 1. The lowest BCUT2D eigenvalue weighted by Gasteiger charge is -2.19. The molecule has 0 spiro atoms. The van der Waals surface area contributed by atoms with Crippen molar-refractivity contribution in [1.82, 2.24) is 0 Å². The van der Waals surface area contributed by atoms with Gasteiger partial charge in [-0.1, -0.05) is 62.6 Å². The highest BCUT2D eigenvalue weighted by molar-refractivity contribution is 5.40. The average Bonchev–Trinajstić information content (AvgIpc) is 2.50. The summed E-state index contributed by atoms with van der Waals surface area (Å²) in [6.45, 7) is 6.61. The molecule has 0 heterocycles. The Labute approximate surface area is 129 Å². The normalized spacial score (nSPS) is 10.9. The molecule has 1 heteroatoms. The van der Waals surface area contributed by atoms with Gasteiger partial charge in [-0.2, -0.15) is 0 Å². The van der Waals surface area contributed by atoms with E-state index in [1.165, 1.54) is 36.8 Å². The van der Waals surface area contributed by atoms with Crippen LogP contribution in [0.15, 0.2) is 48.5 Å². The van der Waals surface area contributed by atoms with Crippen LogP contribution in [-0.2, 0) is 0 Å². The van der Waals surface area contributed by atoms with Gasteiger partial charge in [0, 0.05) is 0 Å². The van der Waals surface area contributed by atoms with Gasteiger partial charge < -0.3 is 4.74 Å². The lowest BCUT2D eigenvalue weighted by atomic mass is 9.90. The molecule has 2 aromatic rings. The second kappa shape index (κ2) is 7.87. The highest BCUT2D eigenvalue weighted by Gasteiger charge is 2.15. The molecule has 112 valence electrons. The molecule has 0 aliphatic carbocycles. The zero-order valence-electron chi connectivity index (χ0n) is 13.4. The van der Waals surface area contributed by atoms with Crippen LogP contribution in [0.1, 0.15) is 56.6 Å². The summed E-state index contributed by atoms with van der Waals surface area (Å²) in [7, 11) is 0. The van der Waals surface area contributed by atoms with Gasteiger partial charge in [0.15, 0.2) is 0 Å². The Morgan fingerprint density at radius 1 is 0.857 bits per heavy atom. The molecule has 0 atom stereocenters. The molecule has 0 fully saturated rings. The highest BCUT2D eigenvalue weighted by Crippen LogP contribution is 2.35. The summed E-state index contributed by atoms with van der Waals surface area (Å²) >= 11 is 0. The molecule has 21 heavy (non-hydrogen) atoms. The predicted molar refractivity (Wildman–Crippen MR) is 90.3 cm³/mol. The number of benzene rings is 2. The van der Waals surface area contributed by atoms with Crippen LogP contribution in [0.2, 0.25) is 0 Å². The third kappa shape index (κ3) is 4.35. The minimum absolute atomic E-state index is 0.599. The molecule has 1 nitrogen and oxygen atoms in total. The van der Waals surface area contributed by atoms with E-state index in [4.69, 9.17) is 4.74 Å². The van der Waals surface area contributed by atoms with E-state index in [2.05, 4.69) is 57.2 Å². The Hall–Kier alpha value is -1.76. The summed E-state index contributed by atoms with van der Waals surface area (Å²) in [4.78, 5) is 0. The monoisotopic (exact) mass is 282 g/mol. The highest BCUT2D eigenvalue weighted by atomic mass is 16.5. The number of hydrogen-bond donors (Lipinski definition) is 0. The van der Waals surface area contributed by atoms with Gasteiger partial charge in [0.25, 0.3) is 0 Å². The number of para-hydroxylation sites is 1. The van der Waals surface area contributed by atoms with Crippen LogP contribution >= 0.6 is 0 Å². The summed E-state index contributed by atoms with van der Waals surface area (Å²) in [5.74, 6) is 2.52. The van der Waals surface area contributed by atoms with E-state index in [-0.39, 0.29) is 0 Å². The number of hydrogen-bond acceptors (Lipinski definition) is 1. The maximum absolute atomic E-state index is 6.14. The molecule has 0 aromatic heterocycles. The van der Waals surface area contributed by atoms with Crippen molar-refractivity contribution in [3.05, 3.63) is 59.7 Å². The Balaban J connectivity index is 2.24. The second-order valence-corrected chi connectivity index (χ2v) is 5.73. The first kappa shape index (κ1) is 15.6. The first-order chi connectivity index (χ1) is 10.2. The van der Waals surface area contributed by atoms with E-state index in [9.17, 15) is 0 Å². The minimum Gasteiger partial charge on any atom is -0.457 e. The lowest BCUT2D eigenvalue weighted by Crippen LogP contribution is -2.01. The zero-order chi connectivity index (χ0) is 15.1. The van der Waals surface area contributed by atoms with Gasteiger partial charge in [-0.3, -0.25) is 0 Å². The average molecular weight is 282 g/mol. The summed E-state index contributed by atoms with van der Waals surface area (Å²) in [5, 5.41) is 0. The number of rotatable bonds is 7. The maximum Gasteiger partial charge on any atom is 0.130 e. The predicted octanol–water partition coefficient (Wildman–Crippen LogP) is 6.47. The fourth-order valence-corrected chi connectivity index (χ4v) is 2.80. The van der Waals surface area contributed by atoms with Crippen LogP contribution in [-0.4, -0.2) is 0 Å². The van der Waals surface area contributed by atoms with Crippen LogP contribution in [0.5, 0.6) is 11.5 Å². The van der Waals surface area contributed by atoms with Crippen molar-refractivity contribution in [2.75, 3.05) is 0 Å². The Morgan fingerprint density at radius 2 is 1.48 bits per heavy atom. The smallest absolute Gasteiger partial charge is 0.130 e. The molecule has 2 rings (SSSR count). The van der Waals surface area contributed by atoms with E-state index >= 15 is 0 Å². The molecule has 0 saturated carbocycles. The standard InChI is InChI=1S/C20H26O/c1-4-8-17(9-5-2)19-10-6-7-11-20(19)21-18-14-12-16(3)13-15-18/h6-7,10-15,17H,4-5,8-9H2,1-3H3. The van der Waals surface area contributed by atoms with Gasteiger partial charge >= 0.3 is 0 Å². The van der Waals surface area contributed by atoms with E-state index in [0.717, 1.165) is 11.5 Å². The van der Waals surface area contributed by atoms with Crippen molar-refractivity contribution in [1.29, 1.82) is 0 Å². The minimum atomic E-state index is 0.599. The molecule has 0 saturated heterocycles. The van der Waals surface area contributed by atoms with Crippen molar-refractivity contribution >= 4 is 0 Å². The molecule has 0 radical (unpaired) electrons. The van der Waals surface area contributed by atoms with Crippen molar-refractivity contribution in [2.24, 2.45) is 0 Å². The van der Waals surface area contributed by atoms with Gasteiger partial charge in [0.2, 0.25) is 0 Å². The maximum atomic E-state index is 6.14. The Kier molecular flexibility index (Phi) is 5.86. The molecule has 0 unspecified atom stereocenters. The quantitative estimate of drug-likeness (QED) is 0.565. The third-order valence-corrected chi connectivity index (χ3v) is 3.88. The van der Waals surface area contributed by atoms with E-state index in [0.29, 0.717) is 5.92 Å². The van der Waals surface area contributed by atoms with Crippen LogP contribution < -0.4 is 4.74 Å². The van der Waals surface area contributed by atoms with E-state index in [1.807, 2.05) is 12.1 Å². The van der Waals surface area contributed by atoms with Gasteiger partial charge in [0.1, 0.15) is 11.5 Å². The van der Waals surface area contributed by atoms with E-state index in [1.54, 1.807) is 0 Å². The largest absolute Gasteiger partial charge is 0.457 e. The van der Waals surface area contributed by atoms with Crippen molar-refractivity contribution in [3.8, 4) is 11.5 Å². The van der Waals surface area contributed by atoms with Crippen LogP contribution in [0.25, 0.3) is 0 Å². The zero-order valence-corrected chi connectivity index (χ0v) is 13.4. The van der Waals surface area contributed by atoms with Crippen molar-refractivity contribution in [2.45, 2.75) is 52.4 Å². The molecule has 0 bridgehead atoms. The third-order valence-electron chi connectivity index (χ3n) is 3.88. The van der Waals surface area contributed by atoms with Crippen LogP contribution in [0.3, 0.4) is 0 Å². The summed E-state index contributed by atoms with van der Waals surface area (Å²) in [5.41, 5.74) is 2.60. The van der Waals surface area contributed by atoms with Crippen LogP contribution in [0, 0.1) is 6.92 Å². The molecule has 0 aliphatic rings. The summed E-state index contributed by atoms with van der Waals surface area (Å²) in [6, 6.07) is 16.8. The van der Waals surface area contributed by atoms with Gasteiger partial charge in [-0.25, -0.2) is 0 Å². The Bertz CT molecular complexity index is 536. The topological polar surface area (TPSA) is 9.23 Å². The molecular formula is C20H26O. The van der Waals surface area contributed by atoms with Gasteiger partial charge in [0.05, 0.1) is 0 Å². The molecule has 0 N–H and O–H groups in total. The van der Waals surface area contributed by atoms with Crippen LogP contribution in [0.4, 0.5) is 0 Å². The lowest BCUT2D eigenvalue weighted by molar-refractivity contribution is 0.458. The fraction of sp³-hybridized carbons (Fsp3) is 0.400. The molecular weight excluding hydrogens is 256 g/mol. The molecule has 0 amide bonds. The molecule has 0 aliphatic heterocycles. The summed E-state index contributed by atoms with van der Waals surface area (Å²) < 4.78 is 6.14. The first-order valence-electron chi connectivity index (χ1n) is 8.08. The first-order valence-corrected chi connectivity index (χ1v) is 8.08. The fourth-order valence-electron chi connectivity index (χ4n) is 2.80. The number of ether oxygens (including phenoxy) is 1. The van der Waals surface area contributed by atoms with Crippen molar-refractivity contribution in [3.63, 3.8) is 0 Å². The molecule has 2 aromatic carbocycles. The van der Waals surface area contributed by atoms with E-state index < -0.39 is 0 Å².